The van der Waals surface area contributed by atoms with E-state index in [1.54, 1.807) is 3.28 Å². The van der Waals surface area contributed by atoms with Crippen LogP contribution < -0.4 is 3.26 Å². The van der Waals surface area contributed by atoms with Gasteiger partial charge in [-0.25, -0.2) is 0 Å². The Hall–Kier alpha value is 0.180. The standard InChI is InChI=1S/C14H22N.C9H13.2CH3.2ClH.H2Si.Zr/c1-13(2,3)10-7-8-11(12(15)9-10)14(4,5)6;1-9(2,3)8-6-4-5-7-8;;;;;;/h7-9,15H,1-6H3;6-7H,4H2,1-3H3;2*1H3;2*1H;1H2;/q-1;;;;;;;+1. The number of allylic oxidation sites excluding steroid dienone is 4. The average molecular weight is 550 g/mol. The predicted molar refractivity (Wildman–Crippen MR) is 142 cm³/mol. The van der Waals surface area contributed by atoms with E-state index in [0.29, 0.717) is 0 Å². The van der Waals surface area contributed by atoms with Gasteiger partial charge in [-0.1, -0.05) is 0 Å². The van der Waals surface area contributed by atoms with E-state index in [9.17, 15) is 0 Å². The minimum atomic E-state index is -3.26. The predicted octanol–water partition coefficient (Wildman–Crippen LogP) is 8.05. The van der Waals surface area contributed by atoms with Gasteiger partial charge in [-0.05, 0) is 0 Å². The van der Waals surface area contributed by atoms with Crippen molar-refractivity contribution in [3.05, 3.63) is 50.3 Å². The molecule has 0 aliphatic heterocycles. The molecule has 1 aliphatic rings. The van der Waals surface area contributed by atoms with E-state index < -0.39 is 17.7 Å². The first-order chi connectivity index (χ1) is 12.3. The molecule has 2 rings (SSSR count). The first kappa shape index (κ1) is 30.2. The maximum absolute atomic E-state index is 4.22. The smallest absolute Gasteiger partial charge is 0.147 e. The van der Waals surface area contributed by atoms with Crippen molar-refractivity contribution in [2.45, 2.75) is 88.8 Å². The van der Waals surface area contributed by atoms with Crippen LogP contribution >= 0.6 is 24.8 Å². The van der Waals surface area contributed by atoms with Gasteiger partial charge in [0.15, 0.2) is 0 Å². The van der Waals surface area contributed by atoms with Gasteiger partial charge in [0, 0.05) is 0 Å². The summed E-state index contributed by atoms with van der Waals surface area (Å²) >= 11 is -3.26. The fourth-order valence-corrected chi connectivity index (χ4v) is 12.9. The van der Waals surface area contributed by atoms with Gasteiger partial charge in [-0.15, -0.1) is 24.8 Å². The number of hydrogen-bond acceptors (Lipinski definition) is 1. The van der Waals surface area contributed by atoms with Crippen LogP contribution in [-0.2, 0) is 28.5 Å². The maximum atomic E-state index is 4.22. The van der Waals surface area contributed by atoms with Crippen LogP contribution in [0.1, 0.15) is 79.9 Å². The topological polar surface area (TPSA) is 12.0 Å². The van der Waals surface area contributed by atoms with E-state index in [-0.39, 0.29) is 41.1 Å². The van der Waals surface area contributed by atoms with E-state index >= 15 is 0 Å². The van der Waals surface area contributed by atoms with Gasteiger partial charge in [0.2, 0.25) is 0 Å². The molecule has 0 unspecified atom stereocenters. The molecule has 30 heavy (non-hydrogen) atoms. The molecule has 1 aromatic rings. The zero-order valence-electron chi connectivity index (χ0n) is 21.1. The summed E-state index contributed by atoms with van der Waals surface area (Å²) in [6.07, 6.45) is 6.10. The van der Waals surface area contributed by atoms with E-state index in [1.807, 2.05) is 0 Å². The Labute approximate surface area is 201 Å². The van der Waals surface area contributed by atoms with Gasteiger partial charge in [0.25, 0.3) is 0 Å². The molecule has 0 heterocycles. The van der Waals surface area contributed by atoms with E-state index in [4.69, 9.17) is 0 Å². The zero-order valence-corrected chi connectivity index (χ0v) is 26.6. The van der Waals surface area contributed by atoms with E-state index in [0.717, 1.165) is 6.42 Å². The van der Waals surface area contributed by atoms with Crippen LogP contribution in [0.2, 0.25) is 9.26 Å². The van der Waals surface area contributed by atoms with Crippen molar-refractivity contribution in [1.29, 1.82) is 0 Å². The number of halogens is 2. The summed E-state index contributed by atoms with van der Waals surface area (Å²) in [7, 11) is 0. The second-order valence-electron chi connectivity index (χ2n) is 12.9. The Morgan fingerprint density at radius 3 is 1.77 bits per heavy atom. The molecule has 1 N–H and O–H groups in total. The monoisotopic (exact) mass is 547 g/mol. The summed E-state index contributed by atoms with van der Waals surface area (Å²) in [4.78, 5) is 0. The van der Waals surface area contributed by atoms with Crippen LogP contribution in [0.15, 0.2) is 39.2 Å². The first-order valence-corrected chi connectivity index (χ1v) is 24.0. The third-order valence-electron chi connectivity index (χ3n) is 6.00. The quantitative estimate of drug-likeness (QED) is 0.376. The van der Waals surface area contributed by atoms with Crippen LogP contribution in [-0.4, -0.2) is 6.88 Å². The summed E-state index contributed by atoms with van der Waals surface area (Å²) in [6.45, 7) is 23.1. The van der Waals surface area contributed by atoms with E-state index in [1.165, 1.54) is 22.4 Å². The van der Waals surface area contributed by atoms with Crippen molar-refractivity contribution < 1.29 is 17.7 Å². The number of rotatable bonds is 3. The van der Waals surface area contributed by atoms with Crippen molar-refractivity contribution in [3.63, 3.8) is 0 Å². The fourth-order valence-electron chi connectivity index (χ4n) is 3.89. The van der Waals surface area contributed by atoms with Gasteiger partial charge >= 0.3 is 178 Å². The molecule has 0 radical (unpaired) electrons. The largest absolute Gasteiger partial charge is 0.147 e. The van der Waals surface area contributed by atoms with Crippen LogP contribution in [0.3, 0.4) is 0 Å². The van der Waals surface area contributed by atoms with Crippen molar-refractivity contribution in [3.8, 4) is 0 Å². The van der Waals surface area contributed by atoms with Crippen LogP contribution in [0.5, 0.6) is 0 Å². The molecule has 1 nitrogen and oxygen atoms in total. The van der Waals surface area contributed by atoms with E-state index in [2.05, 4.69) is 112 Å². The summed E-state index contributed by atoms with van der Waals surface area (Å²) in [5.74, 6) is 0. The molecule has 0 saturated carbocycles. The third-order valence-corrected chi connectivity index (χ3v) is 18.3. The second-order valence-corrected chi connectivity index (χ2v) is 40.8. The molecular formula is C25H45Cl2NSiZr. The Bertz CT molecular complexity index is 901. The molecule has 172 valence electrons. The van der Waals surface area contributed by atoms with Crippen LogP contribution in [0, 0.1) is 5.41 Å². The van der Waals surface area contributed by atoms with Crippen LogP contribution in [0.25, 0.3) is 0 Å². The van der Waals surface area contributed by atoms with Gasteiger partial charge in [-0.2, -0.15) is 0 Å². The summed E-state index contributed by atoms with van der Waals surface area (Å²) in [5, 5.41) is 0. The van der Waals surface area contributed by atoms with Gasteiger partial charge < -0.3 is 0 Å². The fraction of sp³-hybridized carbons (Fsp3) is 0.600. The molecule has 0 amide bonds. The Morgan fingerprint density at radius 1 is 0.833 bits per heavy atom. The van der Waals surface area contributed by atoms with Crippen LogP contribution in [0.4, 0.5) is 5.69 Å². The molecule has 0 atom stereocenters. The molecule has 1 aliphatic carbocycles. The van der Waals surface area contributed by atoms with Gasteiger partial charge in [0.05, 0.1) is 0 Å². The second kappa shape index (κ2) is 9.20. The molecule has 0 aromatic heterocycles. The van der Waals surface area contributed by atoms with Gasteiger partial charge in [0.1, 0.15) is 0 Å². The number of nitrogens with one attached hydrogen (secondary N) is 1. The molecular weight excluding hydrogens is 504 g/mol. The molecule has 1 aromatic carbocycles. The number of hydrogen-bond donors (Lipinski definition) is 1. The van der Waals surface area contributed by atoms with Crippen molar-refractivity contribution in [1.82, 2.24) is 0 Å². The van der Waals surface area contributed by atoms with Gasteiger partial charge in [-0.3, -0.25) is 0 Å². The minimum Gasteiger partial charge on any atom is -0.147 e. The minimum absolute atomic E-state index is 0. The summed E-state index contributed by atoms with van der Waals surface area (Å²) in [6, 6.07) is 7.12. The average Bonchev–Trinajstić information content (AvgIpc) is 2.94. The zero-order chi connectivity index (χ0) is 21.8. The Balaban J connectivity index is 0.00000420. The molecule has 0 spiro atoms. The Morgan fingerprint density at radius 2 is 1.37 bits per heavy atom. The third kappa shape index (κ3) is 7.09. The SMILES string of the molecule is CC(C)(C)C1=CC[C]([Zr]([CH3])([CH3])(=[SiH2])[NH]c2cc(C(C)(C)C)ccc2C(C)(C)C)=C1.Cl.Cl. The molecule has 0 saturated heterocycles. The maximum Gasteiger partial charge on any atom is -0.147 e. The number of benzene rings is 1. The first-order valence-electron chi connectivity index (χ1n) is 10.7. The summed E-state index contributed by atoms with van der Waals surface area (Å²) in [5.41, 5.74) is 6.20. The summed E-state index contributed by atoms with van der Waals surface area (Å²) < 4.78 is 11.0. The molecule has 0 fully saturated rings. The normalized spacial score (nSPS) is 15.6. The van der Waals surface area contributed by atoms with Crippen molar-refractivity contribution >= 4 is 37.4 Å². The Kier molecular flexibility index (Phi) is 9.26. The number of anilines is 1. The molecule has 5 heteroatoms. The van der Waals surface area contributed by atoms with Crippen molar-refractivity contribution in [2.75, 3.05) is 3.26 Å². The van der Waals surface area contributed by atoms with Crippen molar-refractivity contribution in [2.24, 2.45) is 5.41 Å². The molecule has 0 bridgehead atoms.